The van der Waals surface area contributed by atoms with Gasteiger partial charge in [-0.1, -0.05) is 18.2 Å². The molecular weight excluding hydrogens is 246 g/mol. The van der Waals surface area contributed by atoms with Crippen molar-refractivity contribution in [1.82, 2.24) is 4.90 Å². The van der Waals surface area contributed by atoms with Crippen molar-refractivity contribution in [1.29, 1.82) is 0 Å². The molecule has 1 N–H and O–H groups in total. The first-order valence-electron chi connectivity index (χ1n) is 6.12. The Kier molecular flexibility index (Phi) is 3.64. The van der Waals surface area contributed by atoms with Crippen LogP contribution in [0.4, 0.5) is 0 Å². The molecule has 100 valence electrons. The molecule has 0 saturated carbocycles. The minimum Gasteiger partial charge on any atom is -0.481 e. The van der Waals surface area contributed by atoms with Crippen molar-refractivity contribution in [2.45, 2.75) is 13.3 Å². The number of rotatable bonds is 3. The predicted molar refractivity (Wildman–Crippen MR) is 68.1 cm³/mol. The van der Waals surface area contributed by atoms with Gasteiger partial charge in [0.25, 0.3) is 5.91 Å². The van der Waals surface area contributed by atoms with Crippen LogP contribution in [-0.4, -0.2) is 40.8 Å². The van der Waals surface area contributed by atoms with Gasteiger partial charge in [0.2, 0.25) is 0 Å². The SMILES string of the molecule is CC(=O)c1ccccc1C(=O)N1CCC(C(=O)O)C1. The van der Waals surface area contributed by atoms with E-state index in [-0.39, 0.29) is 18.2 Å². The molecule has 1 saturated heterocycles. The van der Waals surface area contributed by atoms with Gasteiger partial charge in [-0.25, -0.2) is 0 Å². The van der Waals surface area contributed by atoms with Gasteiger partial charge in [-0.3, -0.25) is 14.4 Å². The van der Waals surface area contributed by atoms with E-state index in [2.05, 4.69) is 0 Å². The quantitative estimate of drug-likeness (QED) is 0.835. The predicted octanol–water partition coefficient (Wildman–Crippen LogP) is 1.44. The summed E-state index contributed by atoms with van der Waals surface area (Å²) in [5.74, 6) is -1.82. The fourth-order valence-electron chi connectivity index (χ4n) is 2.29. The fraction of sp³-hybridized carbons (Fsp3) is 0.357. The minimum atomic E-state index is -0.879. The molecule has 1 aromatic rings. The Labute approximate surface area is 110 Å². The number of aliphatic carboxylic acids is 1. The Bertz CT molecular complexity index is 538. The minimum absolute atomic E-state index is 0.169. The number of carbonyl (C=O) groups is 3. The molecule has 1 heterocycles. The summed E-state index contributed by atoms with van der Waals surface area (Å²) < 4.78 is 0. The molecule has 0 spiro atoms. The number of Topliss-reactive ketones (excluding diaryl/α,β-unsaturated/α-hetero) is 1. The molecule has 5 nitrogen and oxygen atoms in total. The van der Waals surface area contributed by atoms with Crippen molar-refractivity contribution in [2.75, 3.05) is 13.1 Å². The second kappa shape index (κ2) is 5.22. The number of nitrogens with zero attached hydrogens (tertiary/aromatic N) is 1. The normalized spacial score (nSPS) is 18.4. The smallest absolute Gasteiger partial charge is 0.308 e. The summed E-state index contributed by atoms with van der Waals surface area (Å²) >= 11 is 0. The van der Waals surface area contributed by atoms with Crippen LogP contribution >= 0.6 is 0 Å². The number of likely N-dealkylation sites (tertiary alicyclic amines) is 1. The molecule has 1 aromatic carbocycles. The van der Waals surface area contributed by atoms with Crippen LogP contribution in [0.1, 0.15) is 34.1 Å². The zero-order chi connectivity index (χ0) is 14.0. The van der Waals surface area contributed by atoms with Gasteiger partial charge in [-0.2, -0.15) is 0 Å². The van der Waals surface area contributed by atoms with Crippen LogP contribution in [-0.2, 0) is 4.79 Å². The number of carboxylic acids is 1. The number of hydrogen-bond donors (Lipinski definition) is 1. The van der Waals surface area contributed by atoms with E-state index >= 15 is 0 Å². The van der Waals surface area contributed by atoms with E-state index in [0.29, 0.717) is 24.1 Å². The lowest BCUT2D eigenvalue weighted by Crippen LogP contribution is -2.31. The van der Waals surface area contributed by atoms with Crippen LogP contribution < -0.4 is 0 Å². The fourth-order valence-corrected chi connectivity index (χ4v) is 2.29. The molecule has 1 aliphatic rings. The van der Waals surface area contributed by atoms with Crippen molar-refractivity contribution in [3.63, 3.8) is 0 Å². The van der Waals surface area contributed by atoms with Crippen LogP contribution in [0.25, 0.3) is 0 Å². The number of ketones is 1. The van der Waals surface area contributed by atoms with Crippen molar-refractivity contribution in [2.24, 2.45) is 5.92 Å². The zero-order valence-electron chi connectivity index (χ0n) is 10.6. The lowest BCUT2D eigenvalue weighted by atomic mass is 10.0. The van der Waals surface area contributed by atoms with E-state index in [0.717, 1.165) is 0 Å². The summed E-state index contributed by atoms with van der Waals surface area (Å²) in [5, 5.41) is 8.93. The van der Waals surface area contributed by atoms with Gasteiger partial charge in [-0.15, -0.1) is 0 Å². The van der Waals surface area contributed by atoms with Gasteiger partial charge in [0.05, 0.1) is 11.5 Å². The summed E-state index contributed by atoms with van der Waals surface area (Å²) in [6, 6.07) is 6.62. The highest BCUT2D eigenvalue weighted by molar-refractivity contribution is 6.07. The maximum Gasteiger partial charge on any atom is 0.308 e. The number of benzene rings is 1. The molecule has 0 aliphatic carbocycles. The molecule has 1 unspecified atom stereocenters. The number of carboxylic acid groups (broad SMARTS) is 1. The monoisotopic (exact) mass is 261 g/mol. The highest BCUT2D eigenvalue weighted by Crippen LogP contribution is 2.20. The van der Waals surface area contributed by atoms with E-state index < -0.39 is 11.9 Å². The third-order valence-electron chi connectivity index (χ3n) is 3.36. The Morgan fingerprint density at radius 2 is 1.84 bits per heavy atom. The van der Waals surface area contributed by atoms with Crippen LogP contribution in [0, 0.1) is 5.92 Å². The molecule has 1 amide bonds. The molecule has 19 heavy (non-hydrogen) atoms. The van der Waals surface area contributed by atoms with Crippen LogP contribution in [0.3, 0.4) is 0 Å². The van der Waals surface area contributed by atoms with Gasteiger partial charge in [0, 0.05) is 18.7 Å². The highest BCUT2D eigenvalue weighted by atomic mass is 16.4. The summed E-state index contributed by atoms with van der Waals surface area (Å²) in [6.45, 7) is 2.04. The van der Waals surface area contributed by atoms with Crippen molar-refractivity contribution in [3.05, 3.63) is 35.4 Å². The van der Waals surface area contributed by atoms with E-state index in [9.17, 15) is 14.4 Å². The van der Waals surface area contributed by atoms with E-state index in [1.807, 2.05) is 0 Å². The van der Waals surface area contributed by atoms with E-state index in [4.69, 9.17) is 5.11 Å². The third kappa shape index (κ3) is 2.65. The molecule has 2 rings (SSSR count). The molecule has 5 heteroatoms. The molecule has 1 atom stereocenters. The number of hydrogen-bond acceptors (Lipinski definition) is 3. The summed E-state index contributed by atoms with van der Waals surface area (Å²) in [6.07, 6.45) is 0.462. The Morgan fingerprint density at radius 1 is 1.21 bits per heavy atom. The maximum atomic E-state index is 12.3. The van der Waals surface area contributed by atoms with E-state index in [1.54, 1.807) is 24.3 Å². The zero-order valence-corrected chi connectivity index (χ0v) is 10.6. The van der Waals surface area contributed by atoms with Gasteiger partial charge < -0.3 is 10.0 Å². The van der Waals surface area contributed by atoms with Crippen LogP contribution in [0.15, 0.2) is 24.3 Å². The largest absolute Gasteiger partial charge is 0.481 e. The van der Waals surface area contributed by atoms with E-state index in [1.165, 1.54) is 11.8 Å². The number of amides is 1. The second-order valence-electron chi connectivity index (χ2n) is 4.68. The third-order valence-corrected chi connectivity index (χ3v) is 3.36. The molecule has 0 radical (unpaired) electrons. The summed E-state index contributed by atoms with van der Waals surface area (Å²) in [5.41, 5.74) is 0.729. The lowest BCUT2D eigenvalue weighted by molar-refractivity contribution is -0.141. The average Bonchev–Trinajstić information content (AvgIpc) is 2.87. The van der Waals surface area contributed by atoms with Crippen molar-refractivity contribution >= 4 is 17.7 Å². The first-order chi connectivity index (χ1) is 9.00. The molecule has 0 aromatic heterocycles. The number of carbonyl (C=O) groups excluding carboxylic acids is 2. The first-order valence-corrected chi connectivity index (χ1v) is 6.12. The van der Waals surface area contributed by atoms with Crippen molar-refractivity contribution < 1.29 is 19.5 Å². The molecule has 1 aliphatic heterocycles. The first kappa shape index (κ1) is 13.3. The van der Waals surface area contributed by atoms with Crippen molar-refractivity contribution in [3.8, 4) is 0 Å². The Balaban J connectivity index is 2.22. The second-order valence-corrected chi connectivity index (χ2v) is 4.68. The summed E-state index contributed by atoms with van der Waals surface area (Å²) in [4.78, 5) is 36.2. The van der Waals surface area contributed by atoms with Gasteiger partial charge >= 0.3 is 5.97 Å². The van der Waals surface area contributed by atoms with Crippen LogP contribution in [0.2, 0.25) is 0 Å². The van der Waals surface area contributed by atoms with Gasteiger partial charge in [-0.05, 0) is 19.4 Å². The Morgan fingerprint density at radius 3 is 2.37 bits per heavy atom. The lowest BCUT2D eigenvalue weighted by Gasteiger charge is -2.17. The topological polar surface area (TPSA) is 74.7 Å². The summed E-state index contributed by atoms with van der Waals surface area (Å²) in [7, 11) is 0. The van der Waals surface area contributed by atoms with Gasteiger partial charge in [0.1, 0.15) is 0 Å². The van der Waals surface area contributed by atoms with Gasteiger partial charge in [0.15, 0.2) is 5.78 Å². The standard InChI is InChI=1S/C14H15NO4/c1-9(16)11-4-2-3-5-12(11)13(17)15-7-6-10(8-15)14(18)19/h2-5,10H,6-8H2,1H3,(H,18,19). The molecule has 0 bridgehead atoms. The molecular formula is C14H15NO4. The van der Waals surface area contributed by atoms with Crippen LogP contribution in [0.5, 0.6) is 0 Å². The maximum absolute atomic E-state index is 12.3. The molecule has 1 fully saturated rings. The Hall–Kier alpha value is -2.17. The average molecular weight is 261 g/mol. The highest BCUT2D eigenvalue weighted by Gasteiger charge is 2.32.